The molecule has 0 radical (unpaired) electrons. The van der Waals surface area contributed by atoms with Gasteiger partial charge in [0, 0.05) is 5.69 Å². The van der Waals surface area contributed by atoms with E-state index in [0.717, 1.165) is 0 Å². The van der Waals surface area contributed by atoms with E-state index in [-0.39, 0.29) is 16.3 Å². The van der Waals surface area contributed by atoms with Crippen LogP contribution in [0.2, 0.25) is 0 Å². The van der Waals surface area contributed by atoms with E-state index in [1.54, 1.807) is 37.3 Å². The van der Waals surface area contributed by atoms with Crippen LogP contribution in [0, 0.1) is 0 Å². The van der Waals surface area contributed by atoms with E-state index in [2.05, 4.69) is 0 Å². The number of benzene rings is 2. The Kier molecular flexibility index (Phi) is 5.49. The summed E-state index contributed by atoms with van der Waals surface area (Å²) in [6.07, 6.45) is 0. The van der Waals surface area contributed by atoms with Crippen LogP contribution in [0.15, 0.2) is 48.5 Å². The number of hydrogen-bond acceptors (Lipinski definition) is 4. The Hall–Kier alpha value is -2.93. The van der Waals surface area contributed by atoms with Gasteiger partial charge in [0.05, 0.1) is 23.4 Å². The van der Waals surface area contributed by atoms with Crippen molar-refractivity contribution in [3.05, 3.63) is 59.7 Å². The van der Waals surface area contributed by atoms with E-state index in [1.807, 2.05) is 0 Å². The number of thiocarbonyl (C=S) groups is 1. The van der Waals surface area contributed by atoms with Crippen molar-refractivity contribution in [2.75, 3.05) is 11.5 Å². The molecule has 0 amide bonds. The van der Waals surface area contributed by atoms with Crippen molar-refractivity contribution in [1.82, 2.24) is 0 Å². The second kappa shape index (κ2) is 7.56. The summed E-state index contributed by atoms with van der Waals surface area (Å²) in [5, 5.41) is 18.5. The maximum absolute atomic E-state index is 11.5. The van der Waals surface area contributed by atoms with Crippen molar-refractivity contribution < 1.29 is 24.5 Å². The van der Waals surface area contributed by atoms with Gasteiger partial charge in [0.25, 0.3) is 5.17 Å². The predicted octanol–water partition coefficient (Wildman–Crippen LogP) is 3.54. The van der Waals surface area contributed by atoms with Gasteiger partial charge in [-0.25, -0.2) is 9.59 Å². The monoisotopic (exact) mass is 345 g/mol. The van der Waals surface area contributed by atoms with Crippen LogP contribution in [0.1, 0.15) is 27.6 Å². The van der Waals surface area contributed by atoms with Gasteiger partial charge in [-0.05, 0) is 55.5 Å². The molecule has 0 spiro atoms. The van der Waals surface area contributed by atoms with Gasteiger partial charge >= 0.3 is 11.9 Å². The molecular formula is C17H15NO5S. The van der Waals surface area contributed by atoms with Gasteiger partial charge in [0.15, 0.2) is 0 Å². The number of ether oxygens (including phenoxy) is 1. The van der Waals surface area contributed by atoms with Crippen molar-refractivity contribution in [2.24, 2.45) is 0 Å². The number of nitrogens with zero attached hydrogens (tertiary/aromatic N) is 1. The molecule has 6 nitrogen and oxygen atoms in total. The first kappa shape index (κ1) is 17.4. The second-order valence-corrected chi connectivity index (χ2v) is 5.06. The third kappa shape index (κ3) is 3.69. The van der Waals surface area contributed by atoms with E-state index in [9.17, 15) is 14.7 Å². The number of carbonyl (C=O) groups is 2. The molecule has 24 heavy (non-hydrogen) atoms. The number of carboxylic acid groups (broad SMARTS) is 2. The molecule has 0 bridgehead atoms. The normalized spacial score (nSPS) is 10.0. The third-order valence-electron chi connectivity index (χ3n) is 3.20. The van der Waals surface area contributed by atoms with Gasteiger partial charge in [0.2, 0.25) is 0 Å². The molecule has 0 aromatic heterocycles. The highest BCUT2D eigenvalue weighted by Crippen LogP contribution is 2.30. The van der Waals surface area contributed by atoms with Crippen LogP contribution in [-0.4, -0.2) is 33.9 Å². The molecule has 2 rings (SSSR count). The SMILES string of the molecule is CCOC(=S)N(c1ccc(C(=O)O)cc1)c1ccccc1C(=O)O. The number of hydrogen-bond donors (Lipinski definition) is 2. The Bertz CT molecular complexity index is 773. The highest BCUT2D eigenvalue weighted by atomic mass is 32.1. The topological polar surface area (TPSA) is 87.1 Å². The van der Waals surface area contributed by atoms with Gasteiger partial charge < -0.3 is 14.9 Å². The van der Waals surface area contributed by atoms with Gasteiger partial charge in [-0.1, -0.05) is 12.1 Å². The minimum atomic E-state index is -1.10. The van der Waals surface area contributed by atoms with Crippen molar-refractivity contribution in [3.8, 4) is 0 Å². The minimum absolute atomic E-state index is 0.0573. The summed E-state index contributed by atoms with van der Waals surface area (Å²) in [5.74, 6) is -2.15. The fourth-order valence-electron chi connectivity index (χ4n) is 2.13. The maximum Gasteiger partial charge on any atom is 0.337 e. The molecule has 0 heterocycles. The number of rotatable bonds is 5. The highest BCUT2D eigenvalue weighted by Gasteiger charge is 2.22. The third-order valence-corrected chi connectivity index (χ3v) is 3.50. The van der Waals surface area contributed by atoms with Crippen LogP contribution >= 0.6 is 12.2 Å². The zero-order valence-electron chi connectivity index (χ0n) is 12.8. The average Bonchev–Trinajstić information content (AvgIpc) is 2.56. The Labute approximate surface area is 143 Å². The summed E-state index contributed by atoms with van der Waals surface area (Å²) in [6.45, 7) is 2.08. The molecule has 124 valence electrons. The molecule has 0 unspecified atom stereocenters. The lowest BCUT2D eigenvalue weighted by Crippen LogP contribution is -2.28. The fourth-order valence-corrected chi connectivity index (χ4v) is 2.46. The Morgan fingerprint density at radius 1 is 1.04 bits per heavy atom. The maximum atomic E-state index is 11.5. The van der Waals surface area contributed by atoms with Crippen molar-refractivity contribution in [1.29, 1.82) is 0 Å². The standard InChI is InChI=1S/C17H15NO5S/c1-2-23-17(24)18(12-9-7-11(8-10-12)15(19)20)14-6-4-3-5-13(14)16(21)22/h3-10H,2H2,1H3,(H,19,20)(H,21,22). The summed E-state index contributed by atoms with van der Waals surface area (Å²) >= 11 is 5.26. The Morgan fingerprint density at radius 2 is 1.67 bits per heavy atom. The lowest BCUT2D eigenvalue weighted by atomic mass is 10.1. The first-order valence-electron chi connectivity index (χ1n) is 7.08. The molecule has 7 heteroatoms. The molecule has 0 saturated carbocycles. The zero-order chi connectivity index (χ0) is 17.7. The van der Waals surface area contributed by atoms with Crippen molar-refractivity contribution in [3.63, 3.8) is 0 Å². The van der Waals surface area contributed by atoms with Gasteiger partial charge in [-0.2, -0.15) is 0 Å². The Balaban J connectivity index is 2.56. The quantitative estimate of drug-likeness (QED) is 0.801. The zero-order valence-corrected chi connectivity index (χ0v) is 13.6. The molecule has 2 N–H and O–H groups in total. The predicted molar refractivity (Wildman–Crippen MR) is 93.2 cm³/mol. The van der Waals surface area contributed by atoms with Crippen LogP contribution in [0.5, 0.6) is 0 Å². The fraction of sp³-hybridized carbons (Fsp3) is 0.118. The highest BCUT2D eigenvalue weighted by molar-refractivity contribution is 7.80. The number of carboxylic acids is 2. The van der Waals surface area contributed by atoms with Crippen LogP contribution in [0.3, 0.4) is 0 Å². The van der Waals surface area contributed by atoms with E-state index in [1.165, 1.54) is 23.1 Å². The molecule has 0 aliphatic rings. The lowest BCUT2D eigenvalue weighted by Gasteiger charge is -2.26. The Morgan fingerprint density at radius 3 is 2.21 bits per heavy atom. The summed E-state index contributed by atoms with van der Waals surface area (Å²) in [7, 11) is 0. The summed E-state index contributed by atoms with van der Waals surface area (Å²) in [4.78, 5) is 23.9. The van der Waals surface area contributed by atoms with Crippen LogP contribution in [0.4, 0.5) is 11.4 Å². The van der Waals surface area contributed by atoms with E-state index >= 15 is 0 Å². The molecule has 0 aliphatic carbocycles. The van der Waals surface area contributed by atoms with Gasteiger partial charge in [0.1, 0.15) is 0 Å². The molecule has 0 aliphatic heterocycles. The molecule has 2 aromatic rings. The van der Waals surface area contributed by atoms with Crippen LogP contribution < -0.4 is 4.90 Å². The second-order valence-electron chi connectivity index (χ2n) is 4.71. The largest absolute Gasteiger partial charge is 0.478 e. The van der Waals surface area contributed by atoms with Crippen molar-refractivity contribution >= 4 is 40.7 Å². The lowest BCUT2D eigenvalue weighted by molar-refractivity contribution is 0.0686. The van der Waals surface area contributed by atoms with E-state index in [4.69, 9.17) is 22.1 Å². The first-order chi connectivity index (χ1) is 11.5. The first-order valence-corrected chi connectivity index (χ1v) is 7.49. The van der Waals surface area contributed by atoms with E-state index < -0.39 is 11.9 Å². The van der Waals surface area contributed by atoms with Crippen LogP contribution in [0.25, 0.3) is 0 Å². The molecule has 0 fully saturated rings. The summed E-state index contributed by atoms with van der Waals surface area (Å²) < 4.78 is 5.37. The minimum Gasteiger partial charge on any atom is -0.478 e. The van der Waals surface area contributed by atoms with Gasteiger partial charge in [-0.3, -0.25) is 4.90 Å². The van der Waals surface area contributed by atoms with Crippen molar-refractivity contribution in [2.45, 2.75) is 6.92 Å². The summed E-state index contributed by atoms with van der Waals surface area (Å²) in [5.41, 5.74) is 1.02. The number of aromatic carboxylic acids is 2. The smallest absolute Gasteiger partial charge is 0.337 e. The molecule has 2 aromatic carbocycles. The molecule has 0 atom stereocenters. The number of para-hydroxylation sites is 1. The molecule has 0 saturated heterocycles. The van der Waals surface area contributed by atoms with Crippen LogP contribution in [-0.2, 0) is 4.74 Å². The summed E-state index contributed by atoms with van der Waals surface area (Å²) in [6, 6.07) is 12.3. The average molecular weight is 345 g/mol. The van der Waals surface area contributed by atoms with Gasteiger partial charge in [-0.15, -0.1) is 0 Å². The number of anilines is 2. The molecular weight excluding hydrogens is 330 g/mol. The van der Waals surface area contributed by atoms with E-state index in [0.29, 0.717) is 18.0 Å².